The zero-order chi connectivity index (χ0) is 8.97. The number of nitrogens with two attached hydrogens (primary N) is 1. The molecule has 3 nitrogen and oxygen atoms in total. The van der Waals surface area contributed by atoms with Gasteiger partial charge in [0.2, 0.25) is 0 Å². The van der Waals surface area contributed by atoms with Gasteiger partial charge in [-0.3, -0.25) is 0 Å². The quantitative estimate of drug-likeness (QED) is 0.671. The van der Waals surface area contributed by atoms with E-state index in [9.17, 15) is 0 Å². The number of hydrogen-bond acceptors (Lipinski definition) is 3. The third-order valence-corrected chi connectivity index (χ3v) is 2.39. The van der Waals surface area contributed by atoms with E-state index >= 15 is 0 Å². The lowest BCUT2D eigenvalue weighted by molar-refractivity contribution is 0.0418. The molecule has 12 heavy (non-hydrogen) atoms. The monoisotopic (exact) mass is 172 g/mol. The molecule has 0 amide bonds. The molecule has 2 N–H and O–H groups in total. The van der Waals surface area contributed by atoms with Crippen LogP contribution in [0.2, 0.25) is 0 Å². The zero-order valence-electron chi connectivity index (χ0n) is 8.12. The van der Waals surface area contributed by atoms with Crippen molar-refractivity contribution in [1.29, 1.82) is 0 Å². The highest BCUT2D eigenvalue weighted by Gasteiger charge is 2.18. The molecule has 1 aliphatic rings. The maximum atomic E-state index is 5.73. The number of likely N-dealkylation sites (N-methyl/N-ethyl adjacent to an activating group) is 1. The fourth-order valence-electron chi connectivity index (χ4n) is 1.73. The van der Waals surface area contributed by atoms with Gasteiger partial charge in [0.15, 0.2) is 0 Å². The first-order valence-corrected chi connectivity index (χ1v) is 4.73. The molecule has 1 heterocycles. The minimum atomic E-state index is 0.276. The molecule has 3 heteroatoms. The Balaban J connectivity index is 2.24. The Bertz CT molecular complexity index is 122. The molecule has 0 aliphatic carbocycles. The van der Waals surface area contributed by atoms with Gasteiger partial charge in [-0.1, -0.05) is 0 Å². The van der Waals surface area contributed by atoms with E-state index in [1.807, 2.05) is 0 Å². The molecule has 0 bridgehead atoms. The maximum absolute atomic E-state index is 5.73. The van der Waals surface area contributed by atoms with Gasteiger partial charge in [-0.25, -0.2) is 0 Å². The van der Waals surface area contributed by atoms with Crippen LogP contribution in [0, 0.1) is 0 Å². The summed E-state index contributed by atoms with van der Waals surface area (Å²) >= 11 is 0. The lowest BCUT2D eigenvalue weighted by atomic mass is 10.1. The molecule has 72 valence electrons. The van der Waals surface area contributed by atoms with E-state index in [2.05, 4.69) is 18.9 Å². The summed E-state index contributed by atoms with van der Waals surface area (Å²) in [6.45, 7) is 4.86. The molecule has 1 atom stereocenters. The fourth-order valence-corrected chi connectivity index (χ4v) is 1.73. The molecule has 0 radical (unpaired) electrons. The summed E-state index contributed by atoms with van der Waals surface area (Å²) in [6.07, 6.45) is 2.31. The highest BCUT2D eigenvalue weighted by Crippen LogP contribution is 2.12. The van der Waals surface area contributed by atoms with Gasteiger partial charge in [-0.05, 0) is 26.8 Å². The second-order valence-electron chi connectivity index (χ2n) is 3.76. The predicted octanol–water partition coefficient (Wildman–Crippen LogP) is 0.444. The molecule has 0 saturated carbocycles. The maximum Gasteiger partial charge on any atom is 0.0480 e. The molecule has 0 spiro atoms. The van der Waals surface area contributed by atoms with Gasteiger partial charge >= 0.3 is 0 Å². The summed E-state index contributed by atoms with van der Waals surface area (Å²) in [4.78, 5) is 2.35. The standard InChI is InChI=1S/C9H20N2O/c1-8(10)7-11(2)9-3-5-12-6-4-9/h8-9H,3-7,10H2,1-2H3/t8-/m1/s1. The van der Waals surface area contributed by atoms with Crippen LogP contribution >= 0.6 is 0 Å². The fraction of sp³-hybridized carbons (Fsp3) is 1.00. The Labute approximate surface area is 74.9 Å². The van der Waals surface area contributed by atoms with Gasteiger partial charge in [0.25, 0.3) is 0 Å². The average Bonchev–Trinajstić information content (AvgIpc) is 2.05. The van der Waals surface area contributed by atoms with Crippen LogP contribution in [0.4, 0.5) is 0 Å². The molecule has 1 aliphatic heterocycles. The highest BCUT2D eigenvalue weighted by atomic mass is 16.5. The first kappa shape index (κ1) is 9.96. The van der Waals surface area contributed by atoms with Crippen molar-refractivity contribution in [3.8, 4) is 0 Å². The topological polar surface area (TPSA) is 38.5 Å². The molecule has 0 aromatic carbocycles. The smallest absolute Gasteiger partial charge is 0.0480 e. The summed E-state index contributed by atoms with van der Waals surface area (Å²) in [6, 6.07) is 0.961. The van der Waals surface area contributed by atoms with E-state index in [0.29, 0.717) is 6.04 Å². The van der Waals surface area contributed by atoms with Crippen LogP contribution in [-0.4, -0.2) is 43.8 Å². The average molecular weight is 172 g/mol. The van der Waals surface area contributed by atoms with Gasteiger partial charge in [0.1, 0.15) is 0 Å². The minimum Gasteiger partial charge on any atom is -0.381 e. The summed E-state index contributed by atoms with van der Waals surface area (Å²) in [5.74, 6) is 0. The zero-order valence-corrected chi connectivity index (χ0v) is 8.12. The Kier molecular flexibility index (Phi) is 3.98. The van der Waals surface area contributed by atoms with Crippen molar-refractivity contribution < 1.29 is 4.74 Å². The summed E-state index contributed by atoms with van der Waals surface area (Å²) in [7, 11) is 2.15. The van der Waals surface area contributed by atoms with E-state index in [1.54, 1.807) is 0 Å². The van der Waals surface area contributed by atoms with Crippen LogP contribution in [-0.2, 0) is 4.74 Å². The van der Waals surface area contributed by atoms with Crippen molar-refractivity contribution in [2.75, 3.05) is 26.8 Å². The molecule has 1 fully saturated rings. The SMILES string of the molecule is C[C@@H](N)CN(C)C1CCOCC1. The Morgan fingerprint density at radius 3 is 2.58 bits per heavy atom. The minimum absolute atomic E-state index is 0.276. The molecule has 1 saturated heterocycles. The van der Waals surface area contributed by atoms with Crippen molar-refractivity contribution in [3.05, 3.63) is 0 Å². The normalized spacial score (nSPS) is 23.0. The van der Waals surface area contributed by atoms with Crippen molar-refractivity contribution in [3.63, 3.8) is 0 Å². The van der Waals surface area contributed by atoms with Crippen LogP contribution in [0.15, 0.2) is 0 Å². The van der Waals surface area contributed by atoms with Gasteiger partial charge in [0, 0.05) is 31.8 Å². The van der Waals surface area contributed by atoms with E-state index in [1.165, 1.54) is 0 Å². The summed E-state index contributed by atoms with van der Waals surface area (Å²) in [5.41, 5.74) is 5.73. The largest absolute Gasteiger partial charge is 0.381 e. The second kappa shape index (κ2) is 4.80. The van der Waals surface area contributed by atoms with Crippen molar-refractivity contribution in [2.45, 2.75) is 31.8 Å². The van der Waals surface area contributed by atoms with Crippen LogP contribution in [0.1, 0.15) is 19.8 Å². The van der Waals surface area contributed by atoms with Crippen LogP contribution in [0.3, 0.4) is 0 Å². The Morgan fingerprint density at radius 1 is 1.50 bits per heavy atom. The number of rotatable bonds is 3. The molecular formula is C9H20N2O. The molecule has 0 unspecified atom stereocenters. The van der Waals surface area contributed by atoms with Crippen LogP contribution in [0.5, 0.6) is 0 Å². The van der Waals surface area contributed by atoms with Crippen molar-refractivity contribution in [1.82, 2.24) is 4.90 Å². The van der Waals surface area contributed by atoms with Crippen molar-refractivity contribution >= 4 is 0 Å². The lowest BCUT2D eigenvalue weighted by Gasteiger charge is -2.32. The van der Waals surface area contributed by atoms with Crippen LogP contribution in [0.25, 0.3) is 0 Å². The highest BCUT2D eigenvalue weighted by molar-refractivity contribution is 4.73. The number of ether oxygens (including phenoxy) is 1. The summed E-state index contributed by atoms with van der Waals surface area (Å²) in [5, 5.41) is 0. The van der Waals surface area contributed by atoms with Gasteiger partial charge in [-0.2, -0.15) is 0 Å². The first-order chi connectivity index (χ1) is 5.70. The Hall–Kier alpha value is -0.120. The second-order valence-corrected chi connectivity index (χ2v) is 3.76. The molecule has 1 rings (SSSR count). The molecular weight excluding hydrogens is 152 g/mol. The first-order valence-electron chi connectivity index (χ1n) is 4.73. The Morgan fingerprint density at radius 2 is 2.08 bits per heavy atom. The third-order valence-electron chi connectivity index (χ3n) is 2.39. The van der Waals surface area contributed by atoms with Crippen molar-refractivity contribution in [2.24, 2.45) is 5.73 Å². The van der Waals surface area contributed by atoms with E-state index < -0.39 is 0 Å². The number of nitrogens with zero attached hydrogens (tertiary/aromatic N) is 1. The van der Waals surface area contributed by atoms with E-state index in [4.69, 9.17) is 10.5 Å². The molecule has 0 aromatic heterocycles. The summed E-state index contributed by atoms with van der Waals surface area (Å²) < 4.78 is 5.30. The van der Waals surface area contributed by atoms with Gasteiger partial charge in [0.05, 0.1) is 0 Å². The van der Waals surface area contributed by atoms with Crippen LogP contribution < -0.4 is 5.73 Å². The number of hydrogen-bond donors (Lipinski definition) is 1. The van der Waals surface area contributed by atoms with E-state index in [-0.39, 0.29) is 6.04 Å². The van der Waals surface area contributed by atoms with E-state index in [0.717, 1.165) is 32.6 Å². The molecule has 0 aromatic rings. The third kappa shape index (κ3) is 3.09. The lowest BCUT2D eigenvalue weighted by Crippen LogP contribution is -2.42. The van der Waals surface area contributed by atoms with Gasteiger partial charge in [-0.15, -0.1) is 0 Å². The predicted molar refractivity (Wildman–Crippen MR) is 50.1 cm³/mol. The van der Waals surface area contributed by atoms with Gasteiger partial charge < -0.3 is 15.4 Å².